The van der Waals surface area contributed by atoms with Gasteiger partial charge in [0.1, 0.15) is 11.7 Å². The van der Waals surface area contributed by atoms with Gasteiger partial charge in [-0.05, 0) is 37.2 Å². The zero-order chi connectivity index (χ0) is 15.5. The fourth-order valence-electron chi connectivity index (χ4n) is 3.96. The third-order valence-corrected chi connectivity index (χ3v) is 5.09. The van der Waals surface area contributed by atoms with E-state index in [4.69, 9.17) is 4.74 Å². The van der Waals surface area contributed by atoms with Crippen LogP contribution in [0.1, 0.15) is 55.3 Å². The molecule has 3 rings (SSSR count). The molecule has 1 aromatic carbocycles. The lowest BCUT2D eigenvalue weighted by molar-refractivity contribution is -0.385. The van der Waals surface area contributed by atoms with E-state index in [-0.39, 0.29) is 17.4 Å². The Morgan fingerprint density at radius 1 is 1.09 bits per heavy atom. The van der Waals surface area contributed by atoms with Crippen LogP contribution in [0.2, 0.25) is 0 Å². The highest BCUT2D eigenvalue weighted by atomic mass is 16.6. The second-order valence-corrected chi connectivity index (χ2v) is 6.42. The quantitative estimate of drug-likeness (QED) is 0.478. The van der Waals surface area contributed by atoms with Gasteiger partial charge < -0.3 is 4.74 Å². The number of nitrogens with zero attached hydrogens (tertiary/aromatic N) is 1. The zero-order valence-corrected chi connectivity index (χ0v) is 12.6. The van der Waals surface area contributed by atoms with Crippen molar-refractivity contribution in [1.29, 1.82) is 0 Å². The number of fused-ring (bicyclic) bond motifs is 1. The first kappa shape index (κ1) is 15.0. The van der Waals surface area contributed by atoms with Crippen molar-refractivity contribution in [3.63, 3.8) is 0 Å². The molecule has 22 heavy (non-hydrogen) atoms. The topological polar surface area (TPSA) is 69.4 Å². The molecule has 5 nitrogen and oxygen atoms in total. The number of esters is 1. The summed E-state index contributed by atoms with van der Waals surface area (Å²) in [7, 11) is 0. The first-order valence-electron chi connectivity index (χ1n) is 8.09. The number of rotatable bonds is 3. The van der Waals surface area contributed by atoms with E-state index in [2.05, 4.69) is 0 Å². The second-order valence-electron chi connectivity index (χ2n) is 6.42. The van der Waals surface area contributed by atoms with Gasteiger partial charge in [0.2, 0.25) is 0 Å². The number of carbonyl (C=O) groups is 1. The van der Waals surface area contributed by atoms with Crippen LogP contribution in [0.4, 0.5) is 5.69 Å². The maximum Gasteiger partial charge on any atom is 0.345 e. The van der Waals surface area contributed by atoms with Crippen molar-refractivity contribution in [2.24, 2.45) is 11.8 Å². The lowest BCUT2D eigenvalue weighted by Crippen LogP contribution is -2.33. The molecule has 1 aromatic rings. The number of hydrogen-bond donors (Lipinski definition) is 0. The smallest absolute Gasteiger partial charge is 0.345 e. The third kappa shape index (κ3) is 3.13. The maximum absolute atomic E-state index is 12.3. The van der Waals surface area contributed by atoms with Crippen LogP contribution in [0.25, 0.3) is 0 Å². The average molecular weight is 303 g/mol. The minimum absolute atomic E-state index is 0.0540. The molecular weight excluding hydrogens is 282 g/mol. The molecule has 5 heteroatoms. The normalized spacial score (nSPS) is 27.7. The van der Waals surface area contributed by atoms with Crippen LogP contribution < -0.4 is 0 Å². The van der Waals surface area contributed by atoms with E-state index >= 15 is 0 Å². The zero-order valence-electron chi connectivity index (χ0n) is 12.6. The van der Waals surface area contributed by atoms with Crippen LogP contribution in [-0.4, -0.2) is 17.0 Å². The Morgan fingerprint density at radius 2 is 1.82 bits per heavy atom. The first-order chi connectivity index (χ1) is 10.6. The number of nitro benzene ring substituents is 1. The summed E-state index contributed by atoms with van der Waals surface area (Å²) in [5.41, 5.74) is -0.128. The Balaban J connectivity index is 1.66. The van der Waals surface area contributed by atoms with Crippen molar-refractivity contribution in [3.8, 4) is 0 Å². The van der Waals surface area contributed by atoms with E-state index in [1.165, 1.54) is 37.8 Å². The Bertz CT molecular complexity index is 572. The number of para-hydroxylation sites is 1. The highest BCUT2D eigenvalue weighted by Gasteiger charge is 2.34. The number of hydrogen-bond acceptors (Lipinski definition) is 4. The molecule has 0 radical (unpaired) electrons. The summed E-state index contributed by atoms with van der Waals surface area (Å²) >= 11 is 0. The van der Waals surface area contributed by atoms with Crippen LogP contribution in [0.5, 0.6) is 0 Å². The standard InChI is InChI=1S/C17H21NO4/c19-17(15-7-3-4-8-16(15)18(20)21)22-14-10-9-12-5-1-2-6-13(12)11-14/h3-4,7-8,12-14H,1-2,5-6,9-11H2. The lowest BCUT2D eigenvalue weighted by Gasteiger charge is -2.38. The molecule has 2 aliphatic rings. The number of ether oxygens (including phenoxy) is 1. The Labute approximate surface area is 129 Å². The van der Waals surface area contributed by atoms with Crippen LogP contribution in [0.15, 0.2) is 24.3 Å². The molecule has 0 saturated heterocycles. The van der Waals surface area contributed by atoms with Crippen LogP contribution >= 0.6 is 0 Å². The van der Waals surface area contributed by atoms with Gasteiger partial charge in [-0.25, -0.2) is 4.79 Å². The van der Waals surface area contributed by atoms with Crippen LogP contribution in [0.3, 0.4) is 0 Å². The van der Waals surface area contributed by atoms with Crippen molar-refractivity contribution in [3.05, 3.63) is 39.9 Å². The average Bonchev–Trinajstić information content (AvgIpc) is 2.54. The molecule has 0 aliphatic heterocycles. The minimum Gasteiger partial charge on any atom is -0.459 e. The third-order valence-electron chi connectivity index (χ3n) is 5.09. The number of carbonyl (C=O) groups excluding carboxylic acids is 1. The molecule has 3 atom stereocenters. The summed E-state index contributed by atoms with van der Waals surface area (Å²) < 4.78 is 5.57. The maximum atomic E-state index is 12.3. The van der Waals surface area contributed by atoms with Gasteiger partial charge >= 0.3 is 5.97 Å². The van der Waals surface area contributed by atoms with Gasteiger partial charge in [-0.2, -0.15) is 0 Å². The van der Waals surface area contributed by atoms with Crippen molar-refractivity contribution >= 4 is 11.7 Å². The summed E-state index contributed by atoms with van der Waals surface area (Å²) in [4.78, 5) is 22.7. The molecule has 3 unspecified atom stereocenters. The predicted molar refractivity (Wildman–Crippen MR) is 81.6 cm³/mol. The highest BCUT2D eigenvalue weighted by Crippen LogP contribution is 2.41. The molecule has 0 heterocycles. The van der Waals surface area contributed by atoms with Crippen molar-refractivity contribution in [2.45, 2.75) is 51.0 Å². The monoisotopic (exact) mass is 303 g/mol. The SMILES string of the molecule is O=C(OC1CCC2CCCCC2C1)c1ccccc1[N+](=O)[O-]. The van der Waals surface area contributed by atoms with Gasteiger partial charge in [0.25, 0.3) is 5.69 Å². The Kier molecular flexibility index (Phi) is 4.41. The van der Waals surface area contributed by atoms with Crippen LogP contribution in [-0.2, 0) is 4.74 Å². The summed E-state index contributed by atoms with van der Waals surface area (Å²) in [6.07, 6.45) is 7.93. The first-order valence-corrected chi connectivity index (χ1v) is 8.09. The molecule has 0 N–H and O–H groups in total. The van der Waals surface area contributed by atoms with Crippen molar-refractivity contribution in [1.82, 2.24) is 0 Å². The molecule has 2 fully saturated rings. The van der Waals surface area contributed by atoms with Gasteiger partial charge in [-0.1, -0.05) is 37.8 Å². The van der Waals surface area contributed by atoms with E-state index < -0.39 is 10.9 Å². The molecule has 2 saturated carbocycles. The van der Waals surface area contributed by atoms with Gasteiger partial charge in [-0.15, -0.1) is 0 Å². The van der Waals surface area contributed by atoms with Crippen molar-refractivity contribution < 1.29 is 14.5 Å². The largest absolute Gasteiger partial charge is 0.459 e. The molecule has 0 spiro atoms. The summed E-state index contributed by atoms with van der Waals surface area (Å²) in [5.74, 6) is 0.882. The van der Waals surface area contributed by atoms with E-state index in [9.17, 15) is 14.9 Å². The van der Waals surface area contributed by atoms with E-state index in [1.807, 2.05) is 0 Å². The molecule has 0 amide bonds. The number of benzene rings is 1. The van der Waals surface area contributed by atoms with Gasteiger partial charge in [0.05, 0.1) is 4.92 Å². The fraction of sp³-hybridized carbons (Fsp3) is 0.588. The molecule has 0 aromatic heterocycles. The van der Waals surface area contributed by atoms with E-state index in [0.29, 0.717) is 5.92 Å². The van der Waals surface area contributed by atoms with E-state index in [1.54, 1.807) is 12.1 Å². The Hall–Kier alpha value is -1.91. The van der Waals surface area contributed by atoms with Gasteiger partial charge in [0.15, 0.2) is 0 Å². The Morgan fingerprint density at radius 3 is 2.59 bits per heavy atom. The van der Waals surface area contributed by atoms with Crippen molar-refractivity contribution in [2.75, 3.05) is 0 Å². The van der Waals surface area contributed by atoms with Gasteiger partial charge in [-0.3, -0.25) is 10.1 Å². The fourth-order valence-corrected chi connectivity index (χ4v) is 3.96. The molecule has 2 aliphatic carbocycles. The highest BCUT2D eigenvalue weighted by molar-refractivity contribution is 5.93. The molecule has 118 valence electrons. The summed E-state index contributed by atoms with van der Waals surface area (Å²) in [6.45, 7) is 0. The van der Waals surface area contributed by atoms with E-state index in [0.717, 1.165) is 25.2 Å². The molecular formula is C17H21NO4. The second kappa shape index (κ2) is 6.46. The predicted octanol–water partition coefficient (Wildman–Crippen LogP) is 4.11. The molecule has 0 bridgehead atoms. The van der Waals surface area contributed by atoms with Gasteiger partial charge in [0, 0.05) is 6.07 Å². The van der Waals surface area contributed by atoms with Crippen LogP contribution in [0, 0.1) is 22.0 Å². The number of nitro groups is 1. The lowest BCUT2D eigenvalue weighted by atomic mass is 9.70. The summed E-state index contributed by atoms with van der Waals surface area (Å²) in [5, 5.41) is 11.0. The minimum atomic E-state index is -0.563. The summed E-state index contributed by atoms with van der Waals surface area (Å²) in [6, 6.07) is 5.99.